The van der Waals surface area contributed by atoms with Gasteiger partial charge in [0.1, 0.15) is 0 Å². The molecule has 0 atom stereocenters. The number of fused-ring (bicyclic) bond motifs is 4. The largest absolute Gasteiger partial charge is 0.323 e. The molecule has 0 saturated carbocycles. The first-order valence-electron chi connectivity index (χ1n) is 7.24. The zero-order chi connectivity index (χ0) is 14.5. The van der Waals surface area contributed by atoms with Gasteiger partial charge in [0.05, 0.1) is 11.0 Å². The number of rotatable bonds is 1. The summed E-state index contributed by atoms with van der Waals surface area (Å²) in [5.74, 6) is 0.814. The van der Waals surface area contributed by atoms with Crippen molar-refractivity contribution in [1.29, 1.82) is 0 Å². The second-order valence-corrected chi connectivity index (χ2v) is 5.37. The summed E-state index contributed by atoms with van der Waals surface area (Å²) in [6.45, 7) is 0.896. The van der Waals surface area contributed by atoms with Crippen LogP contribution < -0.4 is 4.90 Å². The predicted octanol–water partition coefficient (Wildman–Crippen LogP) is 2.37. The van der Waals surface area contributed by atoms with Crippen molar-refractivity contribution < 1.29 is 0 Å². The molecule has 5 rings (SSSR count). The van der Waals surface area contributed by atoms with Gasteiger partial charge < -0.3 is 4.90 Å². The van der Waals surface area contributed by atoms with E-state index in [1.165, 1.54) is 11.3 Å². The van der Waals surface area contributed by atoms with E-state index in [1.807, 2.05) is 24.3 Å². The van der Waals surface area contributed by atoms with E-state index in [2.05, 4.69) is 44.7 Å². The summed E-state index contributed by atoms with van der Waals surface area (Å²) in [4.78, 5) is 7.02. The molecule has 6 heteroatoms. The molecule has 0 spiro atoms. The number of hydrogen-bond acceptors (Lipinski definition) is 5. The van der Waals surface area contributed by atoms with Crippen LogP contribution in [0.1, 0.15) is 5.56 Å². The first kappa shape index (κ1) is 11.6. The van der Waals surface area contributed by atoms with Crippen molar-refractivity contribution in [2.45, 2.75) is 6.42 Å². The van der Waals surface area contributed by atoms with Gasteiger partial charge in [0.25, 0.3) is 0 Å². The Kier molecular flexibility index (Phi) is 2.24. The van der Waals surface area contributed by atoms with Crippen LogP contribution in [0.4, 0.5) is 11.5 Å². The average Bonchev–Trinajstić information content (AvgIpc) is 3.21. The molecule has 0 bridgehead atoms. The topological polar surface area (TPSA) is 59.2 Å². The van der Waals surface area contributed by atoms with Crippen LogP contribution in [-0.4, -0.2) is 31.6 Å². The fraction of sp³-hybridized carbons (Fsp3) is 0.125. The van der Waals surface area contributed by atoms with Gasteiger partial charge in [0, 0.05) is 12.2 Å². The number of tetrazole rings is 1. The van der Waals surface area contributed by atoms with Crippen LogP contribution in [0.3, 0.4) is 0 Å². The quantitative estimate of drug-likeness (QED) is 0.538. The van der Waals surface area contributed by atoms with Crippen molar-refractivity contribution in [1.82, 2.24) is 25.0 Å². The lowest BCUT2D eigenvalue weighted by Gasteiger charge is -2.18. The van der Waals surface area contributed by atoms with Crippen LogP contribution in [0.25, 0.3) is 16.7 Å². The van der Waals surface area contributed by atoms with Crippen molar-refractivity contribution in [3.05, 3.63) is 54.1 Å². The summed E-state index contributed by atoms with van der Waals surface area (Å²) < 4.78 is 1.76. The summed E-state index contributed by atoms with van der Waals surface area (Å²) in [6.07, 6.45) is 1.01. The maximum atomic E-state index is 4.82. The van der Waals surface area contributed by atoms with Crippen LogP contribution in [-0.2, 0) is 6.42 Å². The number of nitrogens with zero attached hydrogens (tertiary/aromatic N) is 6. The molecular formula is C16H12N6. The molecule has 0 N–H and O–H groups in total. The van der Waals surface area contributed by atoms with Crippen molar-refractivity contribution in [3.63, 3.8) is 0 Å². The number of hydrogen-bond donors (Lipinski definition) is 0. The third-order valence-corrected chi connectivity index (χ3v) is 4.15. The Bertz CT molecular complexity index is 1010. The van der Waals surface area contributed by atoms with Gasteiger partial charge in [-0.15, -0.1) is 5.10 Å². The second kappa shape index (κ2) is 4.24. The maximum Gasteiger partial charge on any atom is 0.222 e. The van der Waals surface area contributed by atoms with Crippen molar-refractivity contribution in [2.75, 3.05) is 11.4 Å². The summed E-state index contributed by atoms with van der Waals surface area (Å²) in [6, 6.07) is 16.3. The molecule has 106 valence electrons. The van der Waals surface area contributed by atoms with E-state index in [4.69, 9.17) is 4.98 Å². The van der Waals surface area contributed by atoms with Crippen LogP contribution >= 0.6 is 0 Å². The SMILES string of the molecule is c1ccc2c(c1)CCN2c1nc2ccccc2n2nnnc12. The molecule has 0 saturated heterocycles. The molecular weight excluding hydrogens is 276 g/mol. The van der Waals surface area contributed by atoms with Crippen LogP contribution in [0.2, 0.25) is 0 Å². The van der Waals surface area contributed by atoms with Gasteiger partial charge >= 0.3 is 0 Å². The average molecular weight is 288 g/mol. The minimum atomic E-state index is 0.690. The summed E-state index contributed by atoms with van der Waals surface area (Å²) >= 11 is 0. The van der Waals surface area contributed by atoms with E-state index in [1.54, 1.807) is 4.52 Å². The minimum Gasteiger partial charge on any atom is -0.323 e. The molecule has 2 aromatic heterocycles. The molecule has 3 heterocycles. The normalized spacial score (nSPS) is 13.9. The lowest BCUT2D eigenvalue weighted by Crippen LogP contribution is -2.16. The van der Waals surface area contributed by atoms with Crippen LogP contribution in [0.5, 0.6) is 0 Å². The van der Waals surface area contributed by atoms with Gasteiger partial charge in [-0.2, -0.15) is 4.52 Å². The van der Waals surface area contributed by atoms with Gasteiger partial charge in [-0.25, -0.2) is 4.98 Å². The fourth-order valence-corrected chi connectivity index (χ4v) is 3.13. The fourth-order valence-electron chi connectivity index (χ4n) is 3.13. The minimum absolute atomic E-state index is 0.690. The monoisotopic (exact) mass is 288 g/mol. The molecule has 6 nitrogen and oxygen atoms in total. The van der Waals surface area contributed by atoms with Crippen molar-refractivity contribution in [2.24, 2.45) is 0 Å². The third-order valence-electron chi connectivity index (χ3n) is 4.15. The Morgan fingerprint density at radius 1 is 0.955 bits per heavy atom. The molecule has 0 radical (unpaired) electrons. The number of benzene rings is 2. The first-order valence-corrected chi connectivity index (χ1v) is 7.24. The lowest BCUT2D eigenvalue weighted by atomic mass is 10.2. The molecule has 0 unspecified atom stereocenters. The Morgan fingerprint density at radius 2 is 1.82 bits per heavy atom. The van der Waals surface area contributed by atoms with Gasteiger partial charge in [0.2, 0.25) is 5.65 Å². The van der Waals surface area contributed by atoms with E-state index >= 15 is 0 Å². The number of anilines is 2. The standard InChI is InChI=1S/C16H12N6/c1-3-7-13-11(5-1)9-10-21(13)15-16-18-19-20-22(16)14-8-4-2-6-12(14)17-15/h1-8H,9-10H2. The van der Waals surface area contributed by atoms with E-state index < -0.39 is 0 Å². The Morgan fingerprint density at radius 3 is 2.82 bits per heavy atom. The predicted molar refractivity (Wildman–Crippen MR) is 83.2 cm³/mol. The first-order chi connectivity index (χ1) is 10.9. The highest BCUT2D eigenvalue weighted by molar-refractivity contribution is 5.85. The van der Waals surface area contributed by atoms with E-state index in [9.17, 15) is 0 Å². The third kappa shape index (κ3) is 1.49. The summed E-state index contributed by atoms with van der Waals surface area (Å²) in [5, 5.41) is 12.1. The molecule has 0 fully saturated rings. The van der Waals surface area contributed by atoms with E-state index in [0.29, 0.717) is 5.65 Å². The van der Waals surface area contributed by atoms with Gasteiger partial charge in [-0.05, 0) is 40.6 Å². The molecule has 1 aliphatic heterocycles. The summed E-state index contributed by atoms with van der Waals surface area (Å²) in [7, 11) is 0. The highest BCUT2D eigenvalue weighted by atomic mass is 15.5. The van der Waals surface area contributed by atoms with Gasteiger partial charge in [-0.3, -0.25) is 0 Å². The van der Waals surface area contributed by atoms with Gasteiger partial charge in [-0.1, -0.05) is 30.3 Å². The number of aromatic nitrogens is 5. The van der Waals surface area contributed by atoms with Gasteiger partial charge in [0.15, 0.2) is 5.82 Å². The maximum absolute atomic E-state index is 4.82. The highest BCUT2D eigenvalue weighted by Crippen LogP contribution is 2.35. The Labute approximate surface area is 126 Å². The zero-order valence-corrected chi connectivity index (χ0v) is 11.7. The Balaban J connectivity index is 1.82. The zero-order valence-electron chi connectivity index (χ0n) is 11.7. The molecule has 4 aromatic rings. The van der Waals surface area contributed by atoms with Crippen molar-refractivity contribution >= 4 is 28.2 Å². The van der Waals surface area contributed by atoms with E-state index in [-0.39, 0.29) is 0 Å². The molecule has 22 heavy (non-hydrogen) atoms. The second-order valence-electron chi connectivity index (χ2n) is 5.37. The molecule has 0 aliphatic carbocycles. The summed E-state index contributed by atoms with van der Waals surface area (Å²) in [5.41, 5.74) is 5.02. The smallest absolute Gasteiger partial charge is 0.222 e. The van der Waals surface area contributed by atoms with Crippen LogP contribution in [0, 0.1) is 0 Å². The Hall–Kier alpha value is -3.02. The van der Waals surface area contributed by atoms with Crippen LogP contribution in [0.15, 0.2) is 48.5 Å². The number of para-hydroxylation sites is 3. The highest BCUT2D eigenvalue weighted by Gasteiger charge is 2.24. The molecule has 0 amide bonds. The molecule has 2 aromatic carbocycles. The van der Waals surface area contributed by atoms with E-state index in [0.717, 1.165) is 29.8 Å². The lowest BCUT2D eigenvalue weighted by molar-refractivity contribution is 0.840. The van der Waals surface area contributed by atoms with Crippen molar-refractivity contribution in [3.8, 4) is 0 Å². The molecule has 1 aliphatic rings.